The maximum Gasteiger partial charge on any atom is 0.244 e. The smallest absolute Gasteiger partial charge is 0.244 e. The topological polar surface area (TPSA) is 91.2 Å². The van der Waals surface area contributed by atoms with Crippen LogP contribution >= 0.6 is 11.3 Å². The zero-order valence-corrected chi connectivity index (χ0v) is 17.2. The van der Waals surface area contributed by atoms with Crippen LogP contribution in [0.1, 0.15) is 31.9 Å². The van der Waals surface area contributed by atoms with Gasteiger partial charge in [-0.2, -0.15) is 4.80 Å². The molecular weight excluding hydrogens is 390 g/mol. The molecule has 0 fully saturated rings. The third kappa shape index (κ3) is 4.56. The molecule has 2 aromatic heterocycles. The number of ether oxygens (including phenoxy) is 2. The number of fused-ring (bicyclic) bond motifs is 1. The number of nitrogens with one attached hydrogen (secondary N) is 1. The molecular formula is C20H23N5O3S. The van der Waals surface area contributed by atoms with E-state index in [0.717, 1.165) is 28.4 Å². The van der Waals surface area contributed by atoms with Crippen LogP contribution in [0.3, 0.4) is 0 Å². The predicted octanol–water partition coefficient (Wildman–Crippen LogP) is 3.08. The minimum atomic E-state index is -0.175. The monoisotopic (exact) mass is 413 g/mol. The lowest BCUT2D eigenvalue weighted by Gasteiger charge is -2.23. The Kier molecular flexibility index (Phi) is 5.75. The quantitative estimate of drug-likeness (QED) is 0.668. The van der Waals surface area contributed by atoms with E-state index in [2.05, 4.69) is 34.6 Å². The highest BCUT2D eigenvalue weighted by molar-refractivity contribution is 7.13. The van der Waals surface area contributed by atoms with E-state index >= 15 is 0 Å². The molecule has 0 saturated carbocycles. The van der Waals surface area contributed by atoms with Crippen LogP contribution in [0.5, 0.6) is 11.5 Å². The van der Waals surface area contributed by atoms with Gasteiger partial charge in [-0.05, 0) is 40.3 Å². The number of hydrogen-bond acceptors (Lipinski definition) is 7. The fourth-order valence-corrected chi connectivity index (χ4v) is 3.82. The highest BCUT2D eigenvalue weighted by Crippen LogP contribution is 2.34. The van der Waals surface area contributed by atoms with Crippen LogP contribution in [-0.4, -0.2) is 39.3 Å². The van der Waals surface area contributed by atoms with Crippen molar-refractivity contribution in [2.75, 3.05) is 13.2 Å². The Morgan fingerprint density at radius 1 is 1.24 bits per heavy atom. The first kappa shape index (κ1) is 19.4. The van der Waals surface area contributed by atoms with Crippen LogP contribution in [0.25, 0.3) is 10.7 Å². The molecule has 8 nitrogen and oxygen atoms in total. The van der Waals surface area contributed by atoms with Gasteiger partial charge in [0, 0.05) is 6.42 Å². The normalized spacial score (nSPS) is 14.4. The maximum atomic E-state index is 12.6. The van der Waals surface area contributed by atoms with Gasteiger partial charge in [-0.1, -0.05) is 26.0 Å². The molecule has 0 radical (unpaired) electrons. The van der Waals surface area contributed by atoms with Crippen molar-refractivity contribution in [2.24, 2.45) is 5.92 Å². The van der Waals surface area contributed by atoms with Gasteiger partial charge in [-0.15, -0.1) is 21.5 Å². The second-order valence-corrected chi connectivity index (χ2v) is 8.11. The molecule has 1 aliphatic rings. The van der Waals surface area contributed by atoms with Crippen molar-refractivity contribution in [3.63, 3.8) is 0 Å². The summed E-state index contributed by atoms with van der Waals surface area (Å²) in [6.07, 6.45) is 0.854. The van der Waals surface area contributed by atoms with E-state index in [1.165, 1.54) is 16.1 Å². The average Bonchev–Trinajstić information content (AvgIpc) is 3.33. The first-order valence-electron chi connectivity index (χ1n) is 9.61. The number of carbonyl (C=O) groups is 1. The third-order valence-corrected chi connectivity index (χ3v) is 5.46. The van der Waals surface area contributed by atoms with E-state index in [1.54, 1.807) is 0 Å². The predicted molar refractivity (Wildman–Crippen MR) is 109 cm³/mol. The van der Waals surface area contributed by atoms with Crippen molar-refractivity contribution in [1.82, 2.24) is 25.5 Å². The Labute approximate surface area is 172 Å². The molecule has 3 aromatic rings. The zero-order valence-electron chi connectivity index (χ0n) is 16.4. The van der Waals surface area contributed by atoms with Gasteiger partial charge >= 0.3 is 0 Å². The van der Waals surface area contributed by atoms with Crippen molar-refractivity contribution in [3.8, 4) is 22.2 Å². The minimum absolute atomic E-state index is 0.00610. The van der Waals surface area contributed by atoms with Crippen molar-refractivity contribution < 1.29 is 14.3 Å². The standard InChI is InChI=1S/C20H23N5O3S/c1-13(2)19(14-6-7-15-16(11-14)28-9-4-8-27-15)21-18(26)12-25-23-20(22-24-25)17-5-3-10-29-17/h3,5-7,10-11,13,19H,4,8-9,12H2,1-2H3,(H,21,26)/t19-/m1/s1. The van der Waals surface area contributed by atoms with Gasteiger partial charge in [0.2, 0.25) is 11.7 Å². The van der Waals surface area contributed by atoms with E-state index < -0.39 is 0 Å². The number of benzene rings is 1. The Bertz CT molecular complexity index is 970. The van der Waals surface area contributed by atoms with E-state index in [-0.39, 0.29) is 24.4 Å². The summed E-state index contributed by atoms with van der Waals surface area (Å²) >= 11 is 1.53. The fourth-order valence-electron chi connectivity index (χ4n) is 3.17. The largest absolute Gasteiger partial charge is 0.490 e. The summed E-state index contributed by atoms with van der Waals surface area (Å²) in [5.74, 6) is 2.00. The maximum absolute atomic E-state index is 12.6. The molecule has 1 N–H and O–H groups in total. The molecule has 1 aliphatic heterocycles. The van der Waals surface area contributed by atoms with Gasteiger partial charge in [0.1, 0.15) is 6.54 Å². The number of thiophene rings is 1. The molecule has 3 heterocycles. The summed E-state index contributed by atoms with van der Waals surface area (Å²) < 4.78 is 11.5. The molecule has 0 unspecified atom stereocenters. The van der Waals surface area contributed by atoms with Crippen LogP contribution in [0.4, 0.5) is 0 Å². The third-order valence-electron chi connectivity index (χ3n) is 4.59. The Balaban J connectivity index is 1.46. The number of aromatic nitrogens is 4. The number of amides is 1. The second-order valence-electron chi connectivity index (χ2n) is 7.17. The number of carbonyl (C=O) groups excluding carboxylic acids is 1. The number of hydrogen-bond donors (Lipinski definition) is 1. The Morgan fingerprint density at radius 2 is 2.07 bits per heavy atom. The van der Waals surface area contributed by atoms with Gasteiger partial charge in [0.25, 0.3) is 0 Å². The van der Waals surface area contributed by atoms with Gasteiger partial charge in [0.05, 0.1) is 24.1 Å². The van der Waals surface area contributed by atoms with Crippen molar-refractivity contribution >= 4 is 17.2 Å². The molecule has 0 saturated heterocycles. The molecule has 1 aromatic carbocycles. The lowest BCUT2D eigenvalue weighted by Crippen LogP contribution is -2.34. The highest BCUT2D eigenvalue weighted by Gasteiger charge is 2.22. The van der Waals surface area contributed by atoms with E-state index in [0.29, 0.717) is 19.0 Å². The number of rotatable bonds is 6. The Morgan fingerprint density at radius 3 is 2.83 bits per heavy atom. The molecule has 0 spiro atoms. The SMILES string of the molecule is CC(C)[C@@H](NC(=O)Cn1nnc(-c2cccs2)n1)c1ccc2c(c1)OCCCO2. The van der Waals surface area contributed by atoms with Crippen LogP contribution in [0.15, 0.2) is 35.7 Å². The first-order chi connectivity index (χ1) is 14.1. The fraction of sp³-hybridized carbons (Fsp3) is 0.400. The van der Waals surface area contributed by atoms with Crippen molar-refractivity contribution in [3.05, 3.63) is 41.3 Å². The van der Waals surface area contributed by atoms with Crippen LogP contribution in [0.2, 0.25) is 0 Å². The molecule has 0 bridgehead atoms. The van der Waals surface area contributed by atoms with E-state index in [9.17, 15) is 4.79 Å². The molecule has 4 rings (SSSR count). The Hall–Kier alpha value is -2.94. The number of tetrazole rings is 1. The van der Waals surface area contributed by atoms with Crippen LogP contribution in [-0.2, 0) is 11.3 Å². The summed E-state index contributed by atoms with van der Waals surface area (Å²) in [6, 6.07) is 9.51. The molecule has 9 heteroatoms. The van der Waals surface area contributed by atoms with E-state index in [4.69, 9.17) is 9.47 Å². The molecule has 1 atom stereocenters. The zero-order chi connectivity index (χ0) is 20.2. The minimum Gasteiger partial charge on any atom is -0.490 e. The number of nitrogens with zero attached hydrogens (tertiary/aromatic N) is 4. The van der Waals surface area contributed by atoms with Crippen LogP contribution in [0, 0.1) is 5.92 Å². The van der Waals surface area contributed by atoms with Gasteiger partial charge in [-0.25, -0.2) is 0 Å². The van der Waals surface area contributed by atoms with Gasteiger partial charge in [0.15, 0.2) is 11.5 Å². The summed E-state index contributed by atoms with van der Waals surface area (Å²) in [5, 5.41) is 17.3. The summed E-state index contributed by atoms with van der Waals surface area (Å²) in [7, 11) is 0. The molecule has 1 amide bonds. The summed E-state index contributed by atoms with van der Waals surface area (Å²) in [5.41, 5.74) is 0.975. The summed E-state index contributed by atoms with van der Waals surface area (Å²) in [4.78, 5) is 14.9. The molecule has 0 aliphatic carbocycles. The van der Waals surface area contributed by atoms with Crippen molar-refractivity contribution in [2.45, 2.75) is 32.9 Å². The van der Waals surface area contributed by atoms with Gasteiger partial charge < -0.3 is 14.8 Å². The second kappa shape index (κ2) is 8.60. The lowest BCUT2D eigenvalue weighted by molar-refractivity contribution is -0.123. The van der Waals surface area contributed by atoms with Gasteiger partial charge in [-0.3, -0.25) is 4.79 Å². The molecule has 152 valence electrons. The lowest BCUT2D eigenvalue weighted by atomic mass is 9.95. The summed E-state index contributed by atoms with van der Waals surface area (Å²) in [6.45, 7) is 5.41. The van der Waals surface area contributed by atoms with Crippen molar-refractivity contribution in [1.29, 1.82) is 0 Å². The van der Waals surface area contributed by atoms with E-state index in [1.807, 2.05) is 35.7 Å². The van der Waals surface area contributed by atoms with Crippen LogP contribution < -0.4 is 14.8 Å². The molecule has 29 heavy (non-hydrogen) atoms. The highest BCUT2D eigenvalue weighted by atomic mass is 32.1. The first-order valence-corrected chi connectivity index (χ1v) is 10.5. The average molecular weight is 414 g/mol.